The number of thiocarbonyl (C=S) groups is 1. The van der Waals surface area contributed by atoms with E-state index in [1.165, 1.54) is 0 Å². The second-order valence-corrected chi connectivity index (χ2v) is 5.74. The van der Waals surface area contributed by atoms with Crippen molar-refractivity contribution in [2.75, 3.05) is 0 Å². The van der Waals surface area contributed by atoms with Crippen molar-refractivity contribution in [3.05, 3.63) is 47.3 Å². The smallest absolute Gasteiger partial charge is 0.187 e. The van der Waals surface area contributed by atoms with Gasteiger partial charge in [0.25, 0.3) is 0 Å². The molecule has 0 aliphatic rings. The van der Waals surface area contributed by atoms with E-state index in [9.17, 15) is 0 Å². The molecule has 0 unspecified atom stereocenters. The average molecular weight is 315 g/mol. The molecule has 1 aromatic heterocycles. The molecule has 0 aliphatic heterocycles. The van der Waals surface area contributed by atoms with Crippen LogP contribution < -0.4 is 10.7 Å². The van der Waals surface area contributed by atoms with E-state index in [0.29, 0.717) is 5.11 Å². The van der Waals surface area contributed by atoms with Gasteiger partial charge >= 0.3 is 0 Å². The van der Waals surface area contributed by atoms with Crippen molar-refractivity contribution in [1.29, 1.82) is 0 Å². The minimum Gasteiger partial charge on any atom is -0.359 e. The van der Waals surface area contributed by atoms with E-state index in [4.69, 9.17) is 12.2 Å². The molecule has 0 saturated heterocycles. The van der Waals surface area contributed by atoms with Gasteiger partial charge in [0.2, 0.25) is 0 Å². The zero-order chi connectivity index (χ0) is 16.1. The molecule has 22 heavy (non-hydrogen) atoms. The maximum Gasteiger partial charge on any atom is 0.187 e. The summed E-state index contributed by atoms with van der Waals surface area (Å²) < 4.78 is 1.92. The first-order chi connectivity index (χ1) is 10.5. The number of nitrogens with one attached hydrogen (secondary N) is 2. The van der Waals surface area contributed by atoms with Gasteiger partial charge in [-0.1, -0.05) is 18.2 Å². The second-order valence-electron chi connectivity index (χ2n) is 5.33. The van der Waals surface area contributed by atoms with E-state index in [1.807, 2.05) is 62.7 Å². The molecule has 1 aromatic carbocycles. The molecule has 116 valence electrons. The Labute approximate surface area is 136 Å². The van der Waals surface area contributed by atoms with E-state index in [0.717, 1.165) is 22.6 Å². The lowest BCUT2D eigenvalue weighted by atomic mass is 10.2. The molecule has 0 bridgehead atoms. The summed E-state index contributed by atoms with van der Waals surface area (Å²) in [5.41, 5.74) is 6.81. The fourth-order valence-corrected chi connectivity index (χ4v) is 2.40. The third-order valence-electron chi connectivity index (χ3n) is 3.13. The molecule has 0 spiro atoms. The minimum absolute atomic E-state index is 0.277. The lowest BCUT2D eigenvalue weighted by molar-refractivity contribution is 0.719. The van der Waals surface area contributed by atoms with Gasteiger partial charge in [-0.2, -0.15) is 10.2 Å². The first kappa shape index (κ1) is 16.2. The van der Waals surface area contributed by atoms with Crippen LogP contribution in [-0.2, 0) is 0 Å². The summed E-state index contributed by atoms with van der Waals surface area (Å²) in [4.78, 5) is 0. The van der Waals surface area contributed by atoms with Gasteiger partial charge in [-0.15, -0.1) is 0 Å². The Kier molecular flexibility index (Phi) is 5.27. The fraction of sp³-hybridized carbons (Fsp3) is 0.312. The van der Waals surface area contributed by atoms with Gasteiger partial charge in [-0.05, 0) is 52.0 Å². The summed E-state index contributed by atoms with van der Waals surface area (Å²) in [7, 11) is 0. The number of rotatable bonds is 4. The van der Waals surface area contributed by atoms with Gasteiger partial charge in [-0.3, -0.25) is 5.43 Å². The highest BCUT2D eigenvalue weighted by atomic mass is 32.1. The number of nitrogens with zero attached hydrogens (tertiary/aromatic N) is 3. The van der Waals surface area contributed by atoms with Crippen LogP contribution in [0.15, 0.2) is 35.4 Å². The third-order valence-corrected chi connectivity index (χ3v) is 3.34. The molecular weight excluding hydrogens is 294 g/mol. The molecule has 0 amide bonds. The highest BCUT2D eigenvalue weighted by Gasteiger charge is 2.10. The van der Waals surface area contributed by atoms with E-state index in [2.05, 4.69) is 20.9 Å². The van der Waals surface area contributed by atoms with Crippen LogP contribution in [0.5, 0.6) is 0 Å². The number of para-hydroxylation sites is 1. The van der Waals surface area contributed by atoms with Gasteiger partial charge in [0.15, 0.2) is 5.11 Å². The van der Waals surface area contributed by atoms with E-state index in [1.54, 1.807) is 6.21 Å². The summed E-state index contributed by atoms with van der Waals surface area (Å²) in [6.45, 7) is 8.04. The monoisotopic (exact) mass is 315 g/mol. The zero-order valence-electron chi connectivity index (χ0n) is 13.3. The number of benzene rings is 1. The molecule has 2 rings (SSSR count). The minimum atomic E-state index is 0.277. The van der Waals surface area contributed by atoms with Gasteiger partial charge in [-0.25, -0.2) is 4.68 Å². The van der Waals surface area contributed by atoms with Crippen molar-refractivity contribution in [2.45, 2.75) is 33.7 Å². The number of hydrogen-bond donors (Lipinski definition) is 2. The fourth-order valence-electron chi connectivity index (χ4n) is 2.11. The molecule has 2 N–H and O–H groups in total. The summed E-state index contributed by atoms with van der Waals surface area (Å²) in [5.74, 6) is 0. The lowest BCUT2D eigenvalue weighted by Gasteiger charge is -2.09. The van der Waals surface area contributed by atoms with Gasteiger partial charge in [0.05, 0.1) is 23.3 Å². The van der Waals surface area contributed by atoms with Crippen molar-refractivity contribution in [3.63, 3.8) is 0 Å². The topological polar surface area (TPSA) is 54.2 Å². The van der Waals surface area contributed by atoms with Crippen LogP contribution in [0.4, 0.5) is 0 Å². The molecular formula is C16H21N5S. The molecule has 0 atom stereocenters. The van der Waals surface area contributed by atoms with Crippen LogP contribution in [-0.4, -0.2) is 27.1 Å². The van der Waals surface area contributed by atoms with Gasteiger partial charge in [0, 0.05) is 11.6 Å². The quantitative estimate of drug-likeness (QED) is 0.517. The number of aromatic nitrogens is 2. The number of hydrazone groups is 1. The summed E-state index contributed by atoms with van der Waals surface area (Å²) in [6.07, 6.45) is 1.76. The van der Waals surface area contributed by atoms with Gasteiger partial charge < -0.3 is 5.32 Å². The van der Waals surface area contributed by atoms with Crippen molar-refractivity contribution >= 4 is 23.5 Å². The average Bonchev–Trinajstić information content (AvgIpc) is 2.75. The highest BCUT2D eigenvalue weighted by Crippen LogP contribution is 2.15. The molecule has 6 heteroatoms. The van der Waals surface area contributed by atoms with E-state index in [-0.39, 0.29) is 6.04 Å². The molecule has 0 fully saturated rings. The van der Waals surface area contributed by atoms with Crippen LogP contribution in [0.3, 0.4) is 0 Å². The molecule has 0 aliphatic carbocycles. The Hall–Kier alpha value is -2.21. The summed E-state index contributed by atoms with van der Waals surface area (Å²) in [6, 6.07) is 10.3. The van der Waals surface area contributed by atoms with Gasteiger partial charge in [0.1, 0.15) is 0 Å². The lowest BCUT2D eigenvalue weighted by Crippen LogP contribution is -2.36. The van der Waals surface area contributed by atoms with Crippen molar-refractivity contribution < 1.29 is 0 Å². The number of aryl methyl sites for hydroxylation is 1. The Morgan fingerprint density at radius 3 is 2.59 bits per heavy atom. The van der Waals surface area contributed by atoms with E-state index < -0.39 is 0 Å². The Morgan fingerprint density at radius 1 is 1.27 bits per heavy atom. The highest BCUT2D eigenvalue weighted by molar-refractivity contribution is 7.80. The zero-order valence-corrected chi connectivity index (χ0v) is 14.1. The third kappa shape index (κ3) is 3.92. The SMILES string of the molecule is Cc1nn(-c2ccccc2)c(C)c1/C=N\NC(=S)NC(C)C. The van der Waals surface area contributed by atoms with Crippen LogP contribution in [0.2, 0.25) is 0 Å². The predicted octanol–water partition coefficient (Wildman–Crippen LogP) is 2.70. The van der Waals surface area contributed by atoms with Crippen LogP contribution in [0.25, 0.3) is 5.69 Å². The molecule has 1 heterocycles. The molecule has 5 nitrogen and oxygen atoms in total. The normalized spacial score (nSPS) is 11.1. The molecule has 2 aromatic rings. The predicted molar refractivity (Wildman–Crippen MR) is 94.6 cm³/mol. The Morgan fingerprint density at radius 2 is 1.95 bits per heavy atom. The van der Waals surface area contributed by atoms with Crippen molar-refractivity contribution in [2.24, 2.45) is 5.10 Å². The first-order valence-corrected chi connectivity index (χ1v) is 7.61. The van der Waals surface area contributed by atoms with Crippen LogP contribution >= 0.6 is 12.2 Å². The van der Waals surface area contributed by atoms with E-state index >= 15 is 0 Å². The summed E-state index contributed by atoms with van der Waals surface area (Å²) >= 11 is 5.14. The largest absolute Gasteiger partial charge is 0.359 e. The number of hydrogen-bond acceptors (Lipinski definition) is 3. The molecule has 0 saturated carbocycles. The summed E-state index contributed by atoms with van der Waals surface area (Å²) in [5, 5.41) is 12.4. The Bertz CT molecular complexity index is 673. The first-order valence-electron chi connectivity index (χ1n) is 7.20. The second kappa shape index (κ2) is 7.17. The maximum atomic E-state index is 5.14. The Balaban J connectivity index is 2.16. The standard InChI is InChI=1S/C16H21N5S/c1-11(2)18-16(22)19-17-10-15-12(3)20-21(13(15)4)14-8-6-5-7-9-14/h5-11H,1-4H3,(H2,18,19,22)/b17-10-. The van der Waals surface area contributed by atoms with Crippen molar-refractivity contribution in [3.8, 4) is 5.69 Å². The van der Waals surface area contributed by atoms with Crippen LogP contribution in [0.1, 0.15) is 30.8 Å². The maximum absolute atomic E-state index is 5.14. The molecule has 0 radical (unpaired) electrons. The van der Waals surface area contributed by atoms with Crippen LogP contribution in [0, 0.1) is 13.8 Å². The van der Waals surface area contributed by atoms with Crippen molar-refractivity contribution in [1.82, 2.24) is 20.5 Å².